The van der Waals surface area contributed by atoms with Crippen molar-refractivity contribution in [3.05, 3.63) is 34.1 Å². The van der Waals surface area contributed by atoms with Gasteiger partial charge in [-0.2, -0.15) is 0 Å². The van der Waals surface area contributed by atoms with E-state index in [1.165, 1.54) is 12.1 Å². The van der Waals surface area contributed by atoms with Crippen molar-refractivity contribution < 1.29 is 14.1 Å². The van der Waals surface area contributed by atoms with Gasteiger partial charge < -0.3 is 10.1 Å². The predicted octanol–water partition coefficient (Wildman–Crippen LogP) is 1.86. The van der Waals surface area contributed by atoms with E-state index in [1.54, 1.807) is 0 Å². The van der Waals surface area contributed by atoms with Crippen LogP contribution in [0.25, 0.3) is 0 Å². The third-order valence-corrected chi connectivity index (χ3v) is 2.66. The molecule has 0 spiro atoms. The van der Waals surface area contributed by atoms with Crippen LogP contribution < -0.4 is 10.1 Å². The summed E-state index contributed by atoms with van der Waals surface area (Å²) in [7, 11) is 0. The Morgan fingerprint density at radius 3 is 2.71 bits per heavy atom. The van der Waals surface area contributed by atoms with E-state index in [-0.39, 0.29) is 17.5 Å². The first-order valence-electron chi connectivity index (χ1n) is 5.47. The summed E-state index contributed by atoms with van der Waals surface area (Å²) >= 11 is 0. The van der Waals surface area contributed by atoms with Gasteiger partial charge in [0.05, 0.1) is 17.1 Å². The highest BCUT2D eigenvalue weighted by Crippen LogP contribution is 2.24. The van der Waals surface area contributed by atoms with E-state index in [1.807, 2.05) is 0 Å². The molecule has 1 aliphatic rings. The van der Waals surface area contributed by atoms with Crippen molar-refractivity contribution in [1.82, 2.24) is 5.32 Å². The molecule has 92 valence electrons. The van der Waals surface area contributed by atoms with Crippen LogP contribution in [0.3, 0.4) is 0 Å². The largest absolute Gasteiger partial charge is 0.490 e. The lowest BCUT2D eigenvalue weighted by Gasteiger charge is -2.23. The minimum Gasteiger partial charge on any atom is -0.490 e. The maximum Gasteiger partial charge on any atom is 0.276 e. The second kappa shape index (κ2) is 5.09. The van der Waals surface area contributed by atoms with E-state index in [9.17, 15) is 14.5 Å². The maximum absolute atomic E-state index is 13.1. The van der Waals surface area contributed by atoms with Gasteiger partial charge in [0.1, 0.15) is 17.7 Å². The summed E-state index contributed by atoms with van der Waals surface area (Å²) in [5.41, 5.74) is -0.283. The number of hydrogen-bond donors (Lipinski definition) is 1. The monoisotopic (exact) mass is 240 g/mol. The Hall–Kier alpha value is -1.69. The second-order valence-electron chi connectivity index (χ2n) is 3.97. The van der Waals surface area contributed by atoms with Crippen molar-refractivity contribution in [3.63, 3.8) is 0 Å². The van der Waals surface area contributed by atoms with Crippen molar-refractivity contribution in [1.29, 1.82) is 0 Å². The molecule has 17 heavy (non-hydrogen) atoms. The fraction of sp³-hybridized carbons (Fsp3) is 0.455. The highest BCUT2D eigenvalue weighted by molar-refractivity contribution is 5.39. The van der Waals surface area contributed by atoms with Gasteiger partial charge in [0.25, 0.3) is 5.69 Å². The van der Waals surface area contributed by atoms with Gasteiger partial charge in [-0.1, -0.05) is 0 Å². The lowest BCUT2D eigenvalue weighted by molar-refractivity contribution is -0.385. The molecule has 1 saturated heterocycles. The summed E-state index contributed by atoms with van der Waals surface area (Å²) < 4.78 is 18.7. The second-order valence-corrected chi connectivity index (χ2v) is 3.97. The van der Waals surface area contributed by atoms with Crippen LogP contribution in [0.15, 0.2) is 18.2 Å². The standard InChI is InChI=1S/C11H13FN2O3/c12-8-5-9(14(15)16)7-11(6-8)17-10-1-3-13-4-2-10/h5-7,10,13H,1-4H2. The van der Waals surface area contributed by atoms with Crippen LogP contribution in [-0.4, -0.2) is 24.1 Å². The number of halogens is 1. The third-order valence-electron chi connectivity index (χ3n) is 2.66. The first-order valence-corrected chi connectivity index (χ1v) is 5.47. The van der Waals surface area contributed by atoms with Crippen LogP contribution in [-0.2, 0) is 0 Å². The molecule has 1 fully saturated rings. The molecular formula is C11H13FN2O3. The van der Waals surface area contributed by atoms with Gasteiger partial charge in [-0.15, -0.1) is 0 Å². The first-order chi connectivity index (χ1) is 8.15. The Morgan fingerprint density at radius 2 is 2.06 bits per heavy atom. The van der Waals surface area contributed by atoms with Gasteiger partial charge in [0, 0.05) is 6.07 Å². The van der Waals surface area contributed by atoms with Crippen molar-refractivity contribution in [2.75, 3.05) is 13.1 Å². The van der Waals surface area contributed by atoms with Crippen LogP contribution in [0.1, 0.15) is 12.8 Å². The van der Waals surface area contributed by atoms with Gasteiger partial charge in [0.2, 0.25) is 0 Å². The molecule has 0 amide bonds. The number of non-ortho nitro benzene ring substituents is 1. The van der Waals surface area contributed by atoms with Crippen LogP contribution in [0.4, 0.5) is 10.1 Å². The normalized spacial score (nSPS) is 16.8. The van der Waals surface area contributed by atoms with Gasteiger partial charge in [-0.25, -0.2) is 4.39 Å². The fourth-order valence-corrected chi connectivity index (χ4v) is 1.83. The van der Waals surface area contributed by atoms with E-state index in [2.05, 4.69) is 5.32 Å². The molecule has 0 radical (unpaired) electrons. The summed E-state index contributed by atoms with van der Waals surface area (Å²) in [4.78, 5) is 9.94. The zero-order valence-electron chi connectivity index (χ0n) is 9.19. The van der Waals surface area contributed by atoms with Crippen LogP contribution in [0, 0.1) is 15.9 Å². The average Bonchev–Trinajstić information content (AvgIpc) is 2.29. The average molecular weight is 240 g/mol. The maximum atomic E-state index is 13.1. The Kier molecular flexibility index (Phi) is 3.53. The molecule has 5 nitrogen and oxygen atoms in total. The van der Waals surface area contributed by atoms with Gasteiger partial charge in [-0.3, -0.25) is 10.1 Å². The third kappa shape index (κ3) is 3.13. The van der Waals surface area contributed by atoms with Gasteiger partial charge in [0.15, 0.2) is 0 Å². The number of ether oxygens (including phenoxy) is 1. The predicted molar refractivity (Wildman–Crippen MR) is 59.6 cm³/mol. The SMILES string of the molecule is O=[N+]([O-])c1cc(F)cc(OC2CCNCC2)c1. The Labute approximate surface area is 97.7 Å². The number of nitro groups is 1. The minimum atomic E-state index is -0.650. The van der Waals surface area contributed by atoms with E-state index in [4.69, 9.17) is 4.74 Å². The molecule has 1 aromatic rings. The molecule has 1 N–H and O–H groups in total. The molecule has 0 unspecified atom stereocenters. The van der Waals surface area contributed by atoms with Crippen molar-refractivity contribution >= 4 is 5.69 Å². The lowest BCUT2D eigenvalue weighted by atomic mass is 10.1. The Balaban J connectivity index is 2.11. The number of nitrogens with one attached hydrogen (secondary N) is 1. The highest BCUT2D eigenvalue weighted by Gasteiger charge is 2.17. The topological polar surface area (TPSA) is 64.4 Å². The molecule has 0 bridgehead atoms. The number of piperidine rings is 1. The van der Waals surface area contributed by atoms with E-state index in [0.29, 0.717) is 0 Å². The zero-order valence-corrected chi connectivity index (χ0v) is 9.19. The number of hydrogen-bond acceptors (Lipinski definition) is 4. The highest BCUT2D eigenvalue weighted by atomic mass is 19.1. The summed E-state index contributed by atoms with van der Waals surface area (Å²) in [5.74, 6) is -0.424. The lowest BCUT2D eigenvalue weighted by Crippen LogP contribution is -2.34. The molecule has 0 aromatic heterocycles. The van der Waals surface area contributed by atoms with Crippen molar-refractivity contribution in [2.45, 2.75) is 18.9 Å². The molecule has 2 rings (SSSR count). The molecular weight excluding hydrogens is 227 g/mol. The summed E-state index contributed by atoms with van der Waals surface area (Å²) in [6.45, 7) is 1.70. The van der Waals surface area contributed by atoms with E-state index >= 15 is 0 Å². The molecule has 0 atom stereocenters. The fourth-order valence-electron chi connectivity index (χ4n) is 1.83. The van der Waals surface area contributed by atoms with E-state index in [0.717, 1.165) is 32.0 Å². The number of rotatable bonds is 3. The van der Waals surface area contributed by atoms with Crippen molar-refractivity contribution in [3.8, 4) is 5.75 Å². The summed E-state index contributed by atoms with van der Waals surface area (Å²) in [6, 6.07) is 3.31. The number of nitro benzene ring substituents is 1. The molecule has 1 heterocycles. The quantitative estimate of drug-likeness (QED) is 0.647. The van der Waals surface area contributed by atoms with E-state index < -0.39 is 10.7 Å². The zero-order chi connectivity index (χ0) is 12.3. The van der Waals surface area contributed by atoms with Crippen LogP contribution in [0.5, 0.6) is 5.75 Å². The van der Waals surface area contributed by atoms with Gasteiger partial charge >= 0.3 is 0 Å². The van der Waals surface area contributed by atoms with Gasteiger partial charge in [-0.05, 0) is 25.9 Å². The number of benzene rings is 1. The Bertz CT molecular complexity index is 419. The smallest absolute Gasteiger partial charge is 0.276 e. The summed E-state index contributed by atoms with van der Waals surface area (Å²) in [5, 5.41) is 13.8. The first kappa shape index (κ1) is 11.8. The molecule has 1 aliphatic heterocycles. The molecule has 1 aromatic carbocycles. The molecule has 0 aliphatic carbocycles. The number of nitrogens with zero attached hydrogens (tertiary/aromatic N) is 1. The van der Waals surface area contributed by atoms with Crippen LogP contribution >= 0.6 is 0 Å². The summed E-state index contributed by atoms with van der Waals surface area (Å²) in [6.07, 6.45) is 1.65. The van der Waals surface area contributed by atoms with Crippen molar-refractivity contribution in [2.24, 2.45) is 0 Å². The molecule has 0 saturated carbocycles. The Morgan fingerprint density at radius 1 is 1.35 bits per heavy atom. The molecule has 6 heteroatoms. The minimum absolute atomic E-state index is 0.00217. The van der Waals surface area contributed by atoms with Crippen LogP contribution in [0.2, 0.25) is 0 Å².